The van der Waals surface area contributed by atoms with Crippen LogP contribution in [0.15, 0.2) is 78.9 Å². The van der Waals surface area contributed by atoms with Crippen LogP contribution in [0.4, 0.5) is 10.5 Å². The maximum Gasteiger partial charge on any atom is 0.319 e. The molecular formula is C23H24N2O3. The number of hydrogen-bond acceptors (Lipinski definition) is 3. The third-order valence-electron chi connectivity index (χ3n) is 4.19. The van der Waals surface area contributed by atoms with Gasteiger partial charge in [-0.05, 0) is 53.9 Å². The smallest absolute Gasteiger partial charge is 0.319 e. The van der Waals surface area contributed by atoms with Crippen molar-refractivity contribution in [1.82, 2.24) is 5.32 Å². The molecule has 0 aromatic heterocycles. The quantitative estimate of drug-likeness (QED) is 0.602. The summed E-state index contributed by atoms with van der Waals surface area (Å²) in [5, 5.41) is 5.68. The normalized spacial score (nSPS) is 10.2. The molecule has 2 N–H and O–H groups in total. The van der Waals surface area contributed by atoms with Gasteiger partial charge >= 0.3 is 6.03 Å². The zero-order chi connectivity index (χ0) is 19.6. The first-order chi connectivity index (χ1) is 13.7. The van der Waals surface area contributed by atoms with Gasteiger partial charge in [-0.25, -0.2) is 4.79 Å². The van der Waals surface area contributed by atoms with E-state index in [0.717, 1.165) is 29.0 Å². The number of urea groups is 1. The Kier molecular flexibility index (Phi) is 6.90. The zero-order valence-corrected chi connectivity index (χ0v) is 15.9. The minimum atomic E-state index is -0.235. The van der Waals surface area contributed by atoms with E-state index < -0.39 is 0 Å². The van der Waals surface area contributed by atoms with Crippen molar-refractivity contribution in [2.24, 2.45) is 0 Å². The molecule has 0 aliphatic heterocycles. The van der Waals surface area contributed by atoms with E-state index in [2.05, 4.69) is 10.6 Å². The summed E-state index contributed by atoms with van der Waals surface area (Å²) in [5.74, 6) is 1.57. The summed E-state index contributed by atoms with van der Waals surface area (Å²) >= 11 is 0. The van der Waals surface area contributed by atoms with E-state index in [1.54, 1.807) is 7.11 Å². The van der Waals surface area contributed by atoms with Crippen molar-refractivity contribution in [1.29, 1.82) is 0 Å². The third-order valence-corrected chi connectivity index (χ3v) is 4.19. The molecule has 0 radical (unpaired) electrons. The van der Waals surface area contributed by atoms with Crippen molar-refractivity contribution in [3.63, 3.8) is 0 Å². The van der Waals surface area contributed by atoms with Gasteiger partial charge in [-0.15, -0.1) is 0 Å². The van der Waals surface area contributed by atoms with Crippen LogP contribution in [0.5, 0.6) is 11.5 Å². The Bertz CT molecular complexity index is 880. The summed E-state index contributed by atoms with van der Waals surface area (Å²) in [7, 11) is 1.64. The molecule has 3 aromatic carbocycles. The highest BCUT2D eigenvalue weighted by Gasteiger charge is 2.03. The minimum absolute atomic E-state index is 0.235. The summed E-state index contributed by atoms with van der Waals surface area (Å²) in [6, 6.07) is 24.9. The van der Waals surface area contributed by atoms with Gasteiger partial charge in [0.25, 0.3) is 0 Å². The largest absolute Gasteiger partial charge is 0.497 e. The highest BCUT2D eigenvalue weighted by Crippen LogP contribution is 2.17. The fourth-order valence-corrected chi connectivity index (χ4v) is 2.70. The van der Waals surface area contributed by atoms with Gasteiger partial charge in [-0.1, -0.05) is 42.5 Å². The van der Waals surface area contributed by atoms with Crippen molar-refractivity contribution >= 4 is 11.7 Å². The molecule has 0 spiro atoms. The first kappa shape index (κ1) is 19.3. The Hall–Kier alpha value is -3.47. The number of carbonyl (C=O) groups excluding carboxylic acids is 1. The molecular weight excluding hydrogens is 352 g/mol. The van der Waals surface area contributed by atoms with Crippen molar-refractivity contribution in [3.8, 4) is 11.5 Å². The lowest BCUT2D eigenvalue weighted by Crippen LogP contribution is -2.30. The lowest BCUT2D eigenvalue weighted by atomic mass is 10.1. The fourth-order valence-electron chi connectivity index (χ4n) is 2.70. The van der Waals surface area contributed by atoms with Crippen LogP contribution in [-0.2, 0) is 13.0 Å². The second kappa shape index (κ2) is 10.0. The summed E-state index contributed by atoms with van der Waals surface area (Å²) in [6.45, 7) is 1.05. The van der Waals surface area contributed by atoms with Crippen LogP contribution in [-0.4, -0.2) is 19.7 Å². The predicted molar refractivity (Wildman–Crippen MR) is 111 cm³/mol. The maximum absolute atomic E-state index is 12.0. The summed E-state index contributed by atoms with van der Waals surface area (Å²) in [6.07, 6.45) is 0.733. The first-order valence-electron chi connectivity index (χ1n) is 9.17. The van der Waals surface area contributed by atoms with E-state index in [1.165, 1.54) is 0 Å². The highest BCUT2D eigenvalue weighted by atomic mass is 16.5. The Morgan fingerprint density at radius 2 is 1.61 bits per heavy atom. The molecule has 0 saturated heterocycles. The zero-order valence-electron chi connectivity index (χ0n) is 15.9. The van der Waals surface area contributed by atoms with Crippen LogP contribution in [0.1, 0.15) is 11.1 Å². The van der Waals surface area contributed by atoms with E-state index in [9.17, 15) is 4.79 Å². The van der Waals surface area contributed by atoms with Gasteiger partial charge in [0.15, 0.2) is 0 Å². The number of ether oxygens (including phenoxy) is 2. The molecule has 144 valence electrons. The number of rotatable bonds is 8. The number of nitrogens with one attached hydrogen (secondary N) is 2. The Morgan fingerprint density at radius 1 is 0.857 bits per heavy atom. The molecule has 0 heterocycles. The second-order valence-corrected chi connectivity index (χ2v) is 6.28. The molecule has 3 aromatic rings. The van der Waals surface area contributed by atoms with Crippen LogP contribution in [0, 0.1) is 0 Å². The van der Waals surface area contributed by atoms with E-state index in [1.807, 2.05) is 78.9 Å². The van der Waals surface area contributed by atoms with Crippen LogP contribution in [0.25, 0.3) is 0 Å². The average Bonchev–Trinajstić information content (AvgIpc) is 2.74. The summed E-state index contributed by atoms with van der Waals surface area (Å²) in [4.78, 5) is 12.0. The van der Waals surface area contributed by atoms with Crippen LogP contribution in [0.2, 0.25) is 0 Å². The number of anilines is 1. The van der Waals surface area contributed by atoms with Gasteiger partial charge < -0.3 is 20.1 Å². The molecule has 0 bridgehead atoms. The summed E-state index contributed by atoms with van der Waals surface area (Å²) < 4.78 is 10.9. The SMILES string of the molecule is COc1cccc(CCNC(=O)Nc2ccc(OCc3ccccc3)cc2)c1. The van der Waals surface area contributed by atoms with Gasteiger partial charge in [0.05, 0.1) is 7.11 Å². The molecule has 0 atom stereocenters. The van der Waals surface area contributed by atoms with Gasteiger partial charge in [0.1, 0.15) is 18.1 Å². The first-order valence-corrected chi connectivity index (χ1v) is 9.17. The topological polar surface area (TPSA) is 59.6 Å². The van der Waals surface area contributed by atoms with E-state index in [4.69, 9.17) is 9.47 Å². The average molecular weight is 376 g/mol. The van der Waals surface area contributed by atoms with E-state index in [-0.39, 0.29) is 6.03 Å². The highest BCUT2D eigenvalue weighted by molar-refractivity contribution is 5.89. The van der Waals surface area contributed by atoms with Gasteiger partial charge in [-0.3, -0.25) is 0 Å². The molecule has 0 unspecified atom stereocenters. The number of carbonyl (C=O) groups is 1. The Morgan fingerprint density at radius 3 is 2.36 bits per heavy atom. The molecule has 2 amide bonds. The number of amides is 2. The van der Waals surface area contributed by atoms with Gasteiger partial charge in [-0.2, -0.15) is 0 Å². The van der Waals surface area contributed by atoms with Crippen molar-refractivity contribution in [3.05, 3.63) is 90.0 Å². The Labute approximate surface area is 165 Å². The van der Waals surface area contributed by atoms with Crippen LogP contribution >= 0.6 is 0 Å². The molecule has 0 fully saturated rings. The van der Waals surface area contributed by atoms with Gasteiger partial charge in [0, 0.05) is 12.2 Å². The minimum Gasteiger partial charge on any atom is -0.497 e. The van der Waals surface area contributed by atoms with Crippen molar-refractivity contribution < 1.29 is 14.3 Å². The molecule has 0 aliphatic carbocycles. The molecule has 5 heteroatoms. The van der Waals surface area contributed by atoms with Crippen molar-refractivity contribution in [2.45, 2.75) is 13.0 Å². The molecule has 5 nitrogen and oxygen atoms in total. The number of hydrogen-bond donors (Lipinski definition) is 2. The predicted octanol–water partition coefficient (Wildman–Crippen LogP) is 4.64. The van der Waals surface area contributed by atoms with Crippen LogP contribution < -0.4 is 20.1 Å². The summed E-state index contributed by atoms with van der Waals surface area (Å²) in [5.41, 5.74) is 2.94. The van der Waals surface area contributed by atoms with Gasteiger partial charge in [0.2, 0.25) is 0 Å². The van der Waals surface area contributed by atoms with Crippen molar-refractivity contribution in [2.75, 3.05) is 19.0 Å². The molecule has 0 saturated carbocycles. The van der Waals surface area contributed by atoms with Crippen LogP contribution in [0.3, 0.4) is 0 Å². The van der Waals surface area contributed by atoms with E-state index >= 15 is 0 Å². The lowest BCUT2D eigenvalue weighted by Gasteiger charge is -2.10. The number of methoxy groups -OCH3 is 1. The standard InChI is InChI=1S/C23H24N2O3/c1-27-22-9-5-8-18(16-22)14-15-24-23(26)25-20-10-12-21(13-11-20)28-17-19-6-3-2-4-7-19/h2-13,16H,14-15,17H2,1H3,(H2,24,25,26). The lowest BCUT2D eigenvalue weighted by molar-refractivity contribution is 0.252. The van der Waals surface area contributed by atoms with E-state index in [0.29, 0.717) is 18.8 Å². The number of benzene rings is 3. The maximum atomic E-state index is 12.0. The molecule has 3 rings (SSSR count). The monoisotopic (exact) mass is 376 g/mol. The third kappa shape index (κ3) is 6.06. The second-order valence-electron chi connectivity index (χ2n) is 6.28. The fraction of sp³-hybridized carbons (Fsp3) is 0.174. The molecule has 0 aliphatic rings. The Balaban J connectivity index is 1.41. The molecule has 28 heavy (non-hydrogen) atoms.